The van der Waals surface area contributed by atoms with Gasteiger partial charge in [0.2, 0.25) is 0 Å². The Morgan fingerprint density at radius 1 is 1.35 bits per heavy atom. The van der Waals surface area contributed by atoms with Crippen LogP contribution in [0.5, 0.6) is 0 Å². The summed E-state index contributed by atoms with van der Waals surface area (Å²) in [5.74, 6) is 6.34. The third-order valence-electron chi connectivity index (χ3n) is 3.38. The highest BCUT2D eigenvalue weighted by Crippen LogP contribution is 2.38. The molecule has 2 aromatic heterocycles. The Morgan fingerprint density at radius 2 is 2.18 bits per heavy atom. The smallest absolute Gasteiger partial charge is 0.0583 e. The summed E-state index contributed by atoms with van der Waals surface area (Å²) in [4.78, 5) is 1.36. The third-order valence-corrected chi connectivity index (χ3v) is 5.56. The zero-order chi connectivity index (χ0) is 11.7. The fraction of sp³-hybridized carbons (Fsp3) is 0.500. The van der Waals surface area contributed by atoms with E-state index in [2.05, 4.69) is 22.9 Å². The average molecular weight is 268 g/mol. The van der Waals surface area contributed by atoms with Gasteiger partial charge in [-0.25, -0.2) is 0 Å². The van der Waals surface area contributed by atoms with Crippen molar-refractivity contribution >= 4 is 32.1 Å². The molecule has 0 radical (unpaired) electrons. The van der Waals surface area contributed by atoms with Crippen LogP contribution in [-0.4, -0.2) is 13.2 Å². The Morgan fingerprint density at radius 3 is 2.88 bits per heavy atom. The molecule has 1 unspecified atom stereocenters. The molecule has 0 aliphatic carbocycles. The van der Waals surface area contributed by atoms with Crippen molar-refractivity contribution in [1.29, 1.82) is 0 Å². The molecule has 1 fully saturated rings. The van der Waals surface area contributed by atoms with E-state index in [0.29, 0.717) is 5.92 Å². The molecule has 3 N–H and O–H groups in total. The summed E-state index contributed by atoms with van der Waals surface area (Å²) in [5, 5.41) is 2.14. The second-order valence-electron chi connectivity index (χ2n) is 4.39. The predicted molar refractivity (Wildman–Crippen MR) is 73.3 cm³/mol. The molecule has 2 aromatic rings. The van der Waals surface area contributed by atoms with Crippen LogP contribution in [0.25, 0.3) is 9.40 Å². The number of thiophene rings is 2. The number of fused-ring (bicyclic) bond motifs is 1. The normalized spacial score (nSPS) is 19.8. The molecule has 1 aliphatic heterocycles. The van der Waals surface area contributed by atoms with E-state index >= 15 is 0 Å². The van der Waals surface area contributed by atoms with Crippen molar-refractivity contribution in [1.82, 2.24) is 5.43 Å². The lowest BCUT2D eigenvalue weighted by Crippen LogP contribution is -2.35. The van der Waals surface area contributed by atoms with Crippen LogP contribution < -0.4 is 11.3 Å². The molecule has 5 heteroatoms. The molecule has 1 atom stereocenters. The average Bonchev–Trinajstić information content (AvgIpc) is 2.92. The van der Waals surface area contributed by atoms with E-state index in [4.69, 9.17) is 10.6 Å². The van der Waals surface area contributed by atoms with E-state index < -0.39 is 0 Å². The molecule has 3 rings (SSSR count). The summed E-state index contributed by atoms with van der Waals surface area (Å²) >= 11 is 3.66. The summed E-state index contributed by atoms with van der Waals surface area (Å²) in [5.41, 5.74) is 3.00. The molecular formula is C12H16N2OS2. The standard InChI is InChI=1S/C12H16N2OS2/c13-14-12(8-1-4-15-5-2-8)11-7-10-9(17-11)3-6-16-10/h3,6-8,12,14H,1-2,4-5,13H2. The number of hydrazine groups is 1. The molecule has 92 valence electrons. The molecule has 3 heterocycles. The van der Waals surface area contributed by atoms with Gasteiger partial charge in [0.15, 0.2) is 0 Å². The van der Waals surface area contributed by atoms with Gasteiger partial charge in [-0.15, -0.1) is 22.7 Å². The summed E-state index contributed by atoms with van der Waals surface area (Å²) < 4.78 is 8.16. The van der Waals surface area contributed by atoms with E-state index in [9.17, 15) is 0 Å². The van der Waals surface area contributed by atoms with Crippen LogP contribution in [0.2, 0.25) is 0 Å². The molecule has 17 heavy (non-hydrogen) atoms. The van der Waals surface area contributed by atoms with Crippen molar-refractivity contribution < 1.29 is 4.74 Å². The van der Waals surface area contributed by atoms with Gasteiger partial charge in [0.1, 0.15) is 0 Å². The van der Waals surface area contributed by atoms with Gasteiger partial charge in [-0.05, 0) is 36.3 Å². The third kappa shape index (κ3) is 2.26. The Hall–Kier alpha value is -0.460. The maximum atomic E-state index is 5.75. The maximum absolute atomic E-state index is 5.75. The highest BCUT2D eigenvalue weighted by Gasteiger charge is 2.26. The highest BCUT2D eigenvalue weighted by molar-refractivity contribution is 7.26. The van der Waals surface area contributed by atoms with Crippen molar-refractivity contribution in [3.63, 3.8) is 0 Å². The molecule has 1 saturated heterocycles. The zero-order valence-corrected chi connectivity index (χ0v) is 11.2. The summed E-state index contributed by atoms with van der Waals surface area (Å²) in [6, 6.07) is 4.75. The first kappa shape index (κ1) is 11.6. The fourth-order valence-electron chi connectivity index (χ4n) is 2.44. The van der Waals surface area contributed by atoms with Crippen LogP contribution in [0.4, 0.5) is 0 Å². The van der Waals surface area contributed by atoms with Crippen LogP contribution in [-0.2, 0) is 4.74 Å². The summed E-state index contributed by atoms with van der Waals surface area (Å²) in [7, 11) is 0. The Kier molecular flexibility index (Phi) is 3.44. The van der Waals surface area contributed by atoms with Gasteiger partial charge in [-0.2, -0.15) is 0 Å². The fourth-order valence-corrected chi connectivity index (χ4v) is 4.71. The first-order chi connectivity index (χ1) is 8.38. The Balaban J connectivity index is 1.86. The van der Waals surface area contributed by atoms with Crippen molar-refractivity contribution in [3.05, 3.63) is 22.4 Å². The first-order valence-electron chi connectivity index (χ1n) is 5.89. The second kappa shape index (κ2) is 5.04. The molecule has 0 aromatic carbocycles. The zero-order valence-electron chi connectivity index (χ0n) is 9.52. The van der Waals surface area contributed by atoms with Gasteiger partial charge < -0.3 is 4.74 Å². The Labute approximate surface area is 109 Å². The topological polar surface area (TPSA) is 47.3 Å². The number of hydrogen-bond donors (Lipinski definition) is 2. The maximum Gasteiger partial charge on any atom is 0.0583 e. The minimum Gasteiger partial charge on any atom is -0.381 e. The van der Waals surface area contributed by atoms with Gasteiger partial charge in [0.05, 0.1) is 6.04 Å². The Bertz CT molecular complexity index is 459. The molecule has 3 nitrogen and oxygen atoms in total. The molecule has 0 amide bonds. The van der Waals surface area contributed by atoms with Crippen LogP contribution >= 0.6 is 22.7 Å². The lowest BCUT2D eigenvalue weighted by molar-refractivity contribution is 0.0541. The summed E-state index contributed by atoms with van der Waals surface area (Å²) in [6.07, 6.45) is 2.20. The van der Waals surface area contributed by atoms with Gasteiger partial charge >= 0.3 is 0 Å². The van der Waals surface area contributed by atoms with E-state index in [1.807, 2.05) is 11.3 Å². The largest absolute Gasteiger partial charge is 0.381 e. The molecule has 0 bridgehead atoms. The van der Waals surface area contributed by atoms with Crippen LogP contribution in [0.3, 0.4) is 0 Å². The molecular weight excluding hydrogens is 252 g/mol. The van der Waals surface area contributed by atoms with Gasteiger partial charge in [-0.3, -0.25) is 11.3 Å². The van der Waals surface area contributed by atoms with Crippen LogP contribution in [0, 0.1) is 5.92 Å². The number of ether oxygens (including phenoxy) is 1. The van der Waals surface area contributed by atoms with Crippen molar-refractivity contribution in [3.8, 4) is 0 Å². The number of hydrogen-bond acceptors (Lipinski definition) is 5. The van der Waals surface area contributed by atoms with Crippen LogP contribution in [0.15, 0.2) is 17.5 Å². The van der Waals surface area contributed by atoms with Gasteiger partial charge in [0.25, 0.3) is 0 Å². The summed E-state index contributed by atoms with van der Waals surface area (Å²) in [6.45, 7) is 1.73. The SMILES string of the molecule is NNC(c1cc2sccc2s1)C1CCOCC1. The lowest BCUT2D eigenvalue weighted by atomic mass is 9.91. The number of rotatable bonds is 3. The van der Waals surface area contributed by atoms with E-state index in [1.165, 1.54) is 14.3 Å². The molecule has 1 aliphatic rings. The van der Waals surface area contributed by atoms with Gasteiger partial charge in [0, 0.05) is 27.5 Å². The number of nitrogens with two attached hydrogens (primary N) is 1. The minimum atomic E-state index is 0.281. The first-order valence-corrected chi connectivity index (χ1v) is 7.59. The highest BCUT2D eigenvalue weighted by atomic mass is 32.1. The monoisotopic (exact) mass is 268 g/mol. The van der Waals surface area contributed by atoms with E-state index in [0.717, 1.165) is 26.1 Å². The van der Waals surface area contributed by atoms with Crippen LogP contribution in [0.1, 0.15) is 23.8 Å². The number of nitrogens with one attached hydrogen (secondary N) is 1. The molecule has 0 saturated carbocycles. The van der Waals surface area contributed by atoms with Gasteiger partial charge in [-0.1, -0.05) is 0 Å². The predicted octanol–water partition coefficient (Wildman–Crippen LogP) is 2.89. The van der Waals surface area contributed by atoms with E-state index in [-0.39, 0.29) is 6.04 Å². The molecule has 0 spiro atoms. The minimum absolute atomic E-state index is 0.281. The quantitative estimate of drug-likeness (QED) is 0.664. The van der Waals surface area contributed by atoms with Crippen molar-refractivity contribution in [2.45, 2.75) is 18.9 Å². The van der Waals surface area contributed by atoms with Crippen molar-refractivity contribution in [2.24, 2.45) is 11.8 Å². The van der Waals surface area contributed by atoms with E-state index in [1.54, 1.807) is 11.3 Å². The lowest BCUT2D eigenvalue weighted by Gasteiger charge is -2.29. The second-order valence-corrected chi connectivity index (χ2v) is 6.46. The van der Waals surface area contributed by atoms with Crippen molar-refractivity contribution in [2.75, 3.05) is 13.2 Å².